The number of rotatable bonds is 4. The van der Waals surface area contributed by atoms with E-state index in [9.17, 15) is 0 Å². The van der Waals surface area contributed by atoms with Crippen LogP contribution in [0, 0.1) is 0 Å². The summed E-state index contributed by atoms with van der Waals surface area (Å²) in [4.78, 5) is 0. The fourth-order valence-corrected chi connectivity index (χ4v) is 0.709. The van der Waals surface area contributed by atoms with Crippen LogP contribution in [0.3, 0.4) is 0 Å². The molecule has 0 spiro atoms. The zero-order valence-corrected chi connectivity index (χ0v) is 7.41. The lowest BCUT2D eigenvalue weighted by atomic mass is 10.1. The van der Waals surface area contributed by atoms with Crippen molar-refractivity contribution in [2.45, 2.75) is 40.0 Å². The Kier molecular flexibility index (Phi) is 5.00. The van der Waals surface area contributed by atoms with E-state index in [1.807, 2.05) is 0 Å². The highest BCUT2D eigenvalue weighted by atomic mass is 13.9. The second-order valence-electron chi connectivity index (χ2n) is 2.90. The molecule has 0 saturated carbocycles. The highest BCUT2D eigenvalue weighted by Gasteiger charge is 1.85. The highest BCUT2D eigenvalue weighted by Crippen LogP contribution is 2.05. The minimum atomic E-state index is 1.14. The van der Waals surface area contributed by atoms with Gasteiger partial charge in [0.15, 0.2) is 0 Å². The first-order valence-electron chi connectivity index (χ1n) is 3.96. The zero-order chi connectivity index (χ0) is 7.98. The molecule has 0 bridgehead atoms. The quantitative estimate of drug-likeness (QED) is 0.520. The number of hydrogen-bond donors (Lipinski definition) is 0. The van der Waals surface area contributed by atoms with Gasteiger partial charge in [-0.15, -0.1) is 6.58 Å². The molecule has 0 aliphatic heterocycles. The van der Waals surface area contributed by atoms with Crippen LogP contribution in [0.15, 0.2) is 23.8 Å². The highest BCUT2D eigenvalue weighted by molar-refractivity contribution is 4.99. The van der Waals surface area contributed by atoms with E-state index < -0.39 is 0 Å². The Morgan fingerprint density at radius 2 is 2.00 bits per heavy atom. The van der Waals surface area contributed by atoms with Crippen molar-refractivity contribution in [2.75, 3.05) is 0 Å². The molecule has 0 radical (unpaired) electrons. The van der Waals surface area contributed by atoms with Gasteiger partial charge in [-0.2, -0.15) is 0 Å². The minimum Gasteiger partial charge on any atom is -0.100 e. The minimum absolute atomic E-state index is 1.14. The first kappa shape index (κ1) is 9.48. The van der Waals surface area contributed by atoms with Crippen LogP contribution in [0.25, 0.3) is 0 Å². The molecule has 0 aromatic heterocycles. The van der Waals surface area contributed by atoms with E-state index in [4.69, 9.17) is 0 Å². The molecular formula is C10H18. The molecule has 10 heavy (non-hydrogen) atoms. The van der Waals surface area contributed by atoms with E-state index in [0.717, 1.165) is 12.8 Å². The van der Waals surface area contributed by atoms with E-state index in [2.05, 4.69) is 33.4 Å². The molecule has 0 N–H and O–H groups in total. The topological polar surface area (TPSA) is 0 Å². The van der Waals surface area contributed by atoms with Gasteiger partial charge in [0.05, 0.1) is 0 Å². The van der Waals surface area contributed by atoms with Gasteiger partial charge in [0.25, 0.3) is 0 Å². The van der Waals surface area contributed by atoms with Gasteiger partial charge in [0.1, 0.15) is 0 Å². The molecule has 58 valence electrons. The van der Waals surface area contributed by atoms with E-state index >= 15 is 0 Å². The molecule has 0 aromatic carbocycles. The van der Waals surface area contributed by atoms with Gasteiger partial charge >= 0.3 is 0 Å². The molecule has 0 aromatic rings. The van der Waals surface area contributed by atoms with Gasteiger partial charge < -0.3 is 0 Å². The molecule has 0 aliphatic rings. The molecular weight excluding hydrogens is 120 g/mol. The summed E-state index contributed by atoms with van der Waals surface area (Å²) in [6, 6.07) is 0. The third-order valence-corrected chi connectivity index (χ3v) is 1.62. The van der Waals surface area contributed by atoms with Gasteiger partial charge in [-0.3, -0.25) is 0 Å². The van der Waals surface area contributed by atoms with Gasteiger partial charge in [0.2, 0.25) is 0 Å². The van der Waals surface area contributed by atoms with Gasteiger partial charge in [-0.1, -0.05) is 24.1 Å². The Morgan fingerprint density at radius 1 is 1.40 bits per heavy atom. The van der Waals surface area contributed by atoms with Crippen LogP contribution in [0.1, 0.15) is 40.0 Å². The van der Waals surface area contributed by atoms with Gasteiger partial charge in [-0.25, -0.2) is 0 Å². The van der Waals surface area contributed by atoms with Gasteiger partial charge in [-0.05, 0) is 33.1 Å². The van der Waals surface area contributed by atoms with E-state index in [1.54, 1.807) is 0 Å². The third-order valence-electron chi connectivity index (χ3n) is 1.62. The summed E-state index contributed by atoms with van der Waals surface area (Å²) in [6.07, 6.45) is 5.78. The van der Waals surface area contributed by atoms with Crippen molar-refractivity contribution in [2.24, 2.45) is 0 Å². The summed E-state index contributed by atoms with van der Waals surface area (Å²) in [6.45, 7) is 10.3. The SMILES string of the molecule is C=C(C)CC/C=C(/C)CC. The predicted octanol–water partition coefficient (Wildman–Crippen LogP) is 3.70. The summed E-state index contributed by atoms with van der Waals surface area (Å²) in [5.41, 5.74) is 2.77. The number of hydrogen-bond acceptors (Lipinski definition) is 0. The van der Waals surface area contributed by atoms with E-state index in [0.29, 0.717) is 0 Å². The molecule has 0 rings (SSSR count). The Bertz CT molecular complexity index is 129. The van der Waals surface area contributed by atoms with E-state index in [1.165, 1.54) is 17.6 Å². The smallest absolute Gasteiger partial charge is 0.0291 e. The fourth-order valence-electron chi connectivity index (χ4n) is 0.709. The average molecular weight is 138 g/mol. The molecule has 0 aliphatic carbocycles. The van der Waals surface area contributed by atoms with Crippen LogP contribution in [0.4, 0.5) is 0 Å². The third kappa shape index (κ3) is 5.61. The summed E-state index contributed by atoms with van der Waals surface area (Å²) in [5, 5.41) is 0. The monoisotopic (exact) mass is 138 g/mol. The lowest BCUT2D eigenvalue weighted by Gasteiger charge is -1.95. The normalized spacial score (nSPS) is 11.7. The Morgan fingerprint density at radius 3 is 2.40 bits per heavy atom. The average Bonchev–Trinajstić information content (AvgIpc) is 1.87. The van der Waals surface area contributed by atoms with E-state index in [-0.39, 0.29) is 0 Å². The first-order valence-corrected chi connectivity index (χ1v) is 3.96. The summed E-state index contributed by atoms with van der Waals surface area (Å²) in [7, 11) is 0. The van der Waals surface area contributed by atoms with Crippen molar-refractivity contribution in [1.29, 1.82) is 0 Å². The van der Waals surface area contributed by atoms with Crippen molar-refractivity contribution in [3.05, 3.63) is 23.8 Å². The molecule has 0 saturated heterocycles. The molecule has 0 amide bonds. The predicted molar refractivity (Wildman–Crippen MR) is 48.1 cm³/mol. The summed E-state index contributed by atoms with van der Waals surface area (Å²) < 4.78 is 0. The lowest BCUT2D eigenvalue weighted by Crippen LogP contribution is -1.75. The van der Waals surface area contributed by atoms with Crippen molar-refractivity contribution in [3.63, 3.8) is 0 Å². The maximum atomic E-state index is 3.85. The van der Waals surface area contributed by atoms with Crippen molar-refractivity contribution >= 4 is 0 Å². The molecule has 0 unspecified atom stereocenters. The fraction of sp³-hybridized carbons (Fsp3) is 0.600. The van der Waals surface area contributed by atoms with Crippen LogP contribution in [0.5, 0.6) is 0 Å². The Balaban J connectivity index is 3.43. The number of allylic oxidation sites excluding steroid dienone is 3. The van der Waals surface area contributed by atoms with Crippen LogP contribution in [-0.2, 0) is 0 Å². The van der Waals surface area contributed by atoms with Crippen molar-refractivity contribution < 1.29 is 0 Å². The second kappa shape index (κ2) is 5.28. The first-order chi connectivity index (χ1) is 4.66. The lowest BCUT2D eigenvalue weighted by molar-refractivity contribution is 0.955. The van der Waals surface area contributed by atoms with Crippen LogP contribution in [0.2, 0.25) is 0 Å². The van der Waals surface area contributed by atoms with Gasteiger partial charge in [0, 0.05) is 0 Å². The Hall–Kier alpha value is -0.520. The second-order valence-corrected chi connectivity index (χ2v) is 2.90. The van der Waals surface area contributed by atoms with Crippen LogP contribution >= 0.6 is 0 Å². The molecule has 0 fully saturated rings. The standard InChI is InChI=1S/C10H18/c1-5-10(4)8-6-7-9(2)3/h8H,2,5-7H2,1,3-4H3/b10-8-. The molecule has 0 heteroatoms. The largest absolute Gasteiger partial charge is 0.100 e. The maximum Gasteiger partial charge on any atom is -0.0291 e. The van der Waals surface area contributed by atoms with Crippen LogP contribution in [-0.4, -0.2) is 0 Å². The molecule has 0 atom stereocenters. The van der Waals surface area contributed by atoms with Crippen molar-refractivity contribution in [3.8, 4) is 0 Å². The Labute approximate surface area is 64.6 Å². The molecule has 0 nitrogen and oxygen atoms in total. The van der Waals surface area contributed by atoms with Crippen LogP contribution < -0.4 is 0 Å². The maximum absolute atomic E-state index is 3.85. The summed E-state index contributed by atoms with van der Waals surface area (Å²) >= 11 is 0. The zero-order valence-electron chi connectivity index (χ0n) is 7.41. The van der Waals surface area contributed by atoms with Crippen molar-refractivity contribution in [1.82, 2.24) is 0 Å². The summed E-state index contributed by atoms with van der Waals surface area (Å²) in [5.74, 6) is 0. The molecule has 0 heterocycles.